The Hall–Kier alpha value is -1.66. The van der Waals surface area contributed by atoms with E-state index in [-0.39, 0.29) is 0 Å². The lowest BCUT2D eigenvalue weighted by Crippen LogP contribution is -1.97. The smallest absolute Gasteiger partial charge is 0.135 e. The van der Waals surface area contributed by atoms with Crippen LogP contribution in [0.1, 0.15) is 37.1 Å². The first-order chi connectivity index (χ1) is 8.88. The van der Waals surface area contributed by atoms with E-state index < -0.39 is 0 Å². The second kappa shape index (κ2) is 4.91. The van der Waals surface area contributed by atoms with E-state index in [1.807, 2.05) is 18.2 Å². The molecule has 90 valence electrons. The Bertz CT molecular complexity index is 605. The Morgan fingerprint density at radius 2 is 1.94 bits per heavy atom. The summed E-state index contributed by atoms with van der Waals surface area (Å²) in [5.41, 5.74) is 3.14. The third-order valence-electron chi connectivity index (χ3n) is 3.43. The van der Waals surface area contributed by atoms with Crippen molar-refractivity contribution in [1.82, 2.24) is 4.98 Å². The maximum absolute atomic E-state index is 9.42. The molecule has 3 heteroatoms. The molecule has 1 saturated carbocycles. The van der Waals surface area contributed by atoms with Gasteiger partial charge in [0.1, 0.15) is 11.1 Å². The van der Waals surface area contributed by atoms with Gasteiger partial charge in [0.2, 0.25) is 0 Å². The molecule has 18 heavy (non-hydrogen) atoms. The van der Waals surface area contributed by atoms with E-state index in [0.29, 0.717) is 0 Å². The second-order valence-electron chi connectivity index (χ2n) is 4.64. The number of para-hydroxylation sites is 1. The van der Waals surface area contributed by atoms with E-state index in [1.165, 1.54) is 24.8 Å². The molecule has 0 N–H and O–H groups in total. The summed E-state index contributed by atoms with van der Waals surface area (Å²) in [4.78, 5) is 4.60. The average Bonchev–Trinajstić information content (AvgIpc) is 2.84. The largest absolute Gasteiger partial charge is 0.235 e. The van der Waals surface area contributed by atoms with Crippen LogP contribution >= 0.6 is 11.3 Å². The maximum atomic E-state index is 9.42. The molecule has 1 aromatic carbocycles. The summed E-state index contributed by atoms with van der Waals surface area (Å²) >= 11 is 1.63. The molecule has 1 fully saturated rings. The Kier molecular flexibility index (Phi) is 3.12. The zero-order chi connectivity index (χ0) is 12.4. The lowest BCUT2D eigenvalue weighted by molar-refractivity contribution is 0.601. The lowest BCUT2D eigenvalue weighted by Gasteiger charge is -2.14. The zero-order valence-electron chi connectivity index (χ0n) is 10.1. The van der Waals surface area contributed by atoms with Gasteiger partial charge in [-0.1, -0.05) is 18.6 Å². The van der Waals surface area contributed by atoms with Gasteiger partial charge in [-0.15, -0.1) is 11.3 Å². The number of nitriles is 1. The van der Waals surface area contributed by atoms with Crippen LogP contribution in [-0.2, 0) is 0 Å². The molecule has 0 saturated heterocycles. The van der Waals surface area contributed by atoms with Crippen LogP contribution in [0.2, 0.25) is 0 Å². The van der Waals surface area contributed by atoms with Crippen molar-refractivity contribution in [3.63, 3.8) is 0 Å². The number of hydrogen-bond donors (Lipinski definition) is 0. The van der Waals surface area contributed by atoms with Gasteiger partial charge in [-0.05, 0) is 43.4 Å². The number of allylic oxidation sites excluding steroid dienone is 2. The minimum atomic E-state index is 0.830. The minimum Gasteiger partial charge on any atom is -0.235 e. The predicted octanol–water partition coefficient (Wildman–Crippen LogP) is 4.54. The molecule has 0 radical (unpaired) electrons. The molecular weight excluding hydrogens is 240 g/mol. The zero-order valence-corrected chi connectivity index (χ0v) is 11.0. The Morgan fingerprint density at radius 1 is 1.17 bits per heavy atom. The first kappa shape index (κ1) is 11.4. The fraction of sp³-hybridized carbons (Fsp3) is 0.333. The third-order valence-corrected chi connectivity index (χ3v) is 4.48. The molecule has 0 aliphatic heterocycles. The number of rotatable bonds is 1. The SMILES string of the molecule is N#CC(=C1CCCCC1)c1nc2ccccc2s1. The van der Waals surface area contributed by atoms with E-state index in [0.717, 1.165) is 33.6 Å². The van der Waals surface area contributed by atoms with E-state index >= 15 is 0 Å². The minimum absolute atomic E-state index is 0.830. The highest BCUT2D eigenvalue weighted by molar-refractivity contribution is 7.19. The fourth-order valence-electron chi connectivity index (χ4n) is 2.49. The van der Waals surface area contributed by atoms with Gasteiger partial charge in [-0.3, -0.25) is 0 Å². The molecule has 0 bridgehead atoms. The number of hydrogen-bond acceptors (Lipinski definition) is 3. The molecule has 1 heterocycles. The highest BCUT2D eigenvalue weighted by atomic mass is 32.1. The summed E-state index contributed by atoms with van der Waals surface area (Å²) in [6.07, 6.45) is 5.86. The summed E-state index contributed by atoms with van der Waals surface area (Å²) in [5.74, 6) is 0. The van der Waals surface area contributed by atoms with Crippen LogP contribution in [0.3, 0.4) is 0 Å². The molecule has 0 spiro atoms. The molecule has 2 aromatic rings. The van der Waals surface area contributed by atoms with Crippen molar-refractivity contribution < 1.29 is 0 Å². The molecular formula is C15H14N2S. The monoisotopic (exact) mass is 254 g/mol. The van der Waals surface area contributed by atoms with Crippen molar-refractivity contribution >= 4 is 27.1 Å². The van der Waals surface area contributed by atoms with E-state index in [4.69, 9.17) is 0 Å². The Balaban J connectivity index is 2.08. The number of benzene rings is 1. The van der Waals surface area contributed by atoms with Crippen LogP contribution in [0, 0.1) is 11.3 Å². The maximum Gasteiger partial charge on any atom is 0.135 e. The highest BCUT2D eigenvalue weighted by Crippen LogP contribution is 2.33. The normalized spacial score (nSPS) is 15.6. The summed E-state index contributed by atoms with van der Waals surface area (Å²) in [6, 6.07) is 10.5. The van der Waals surface area contributed by atoms with Crippen LogP contribution in [0.5, 0.6) is 0 Å². The standard InChI is InChI=1S/C15H14N2S/c16-10-12(11-6-2-1-3-7-11)15-17-13-8-4-5-9-14(13)18-15/h4-5,8-9H,1-3,6-7H2. The van der Waals surface area contributed by atoms with Crippen molar-refractivity contribution in [3.8, 4) is 6.07 Å². The third kappa shape index (κ3) is 2.04. The Morgan fingerprint density at radius 3 is 2.67 bits per heavy atom. The van der Waals surface area contributed by atoms with Crippen LogP contribution in [0.25, 0.3) is 15.8 Å². The first-order valence-corrected chi connectivity index (χ1v) is 7.18. The van der Waals surface area contributed by atoms with Gasteiger partial charge in [-0.25, -0.2) is 4.98 Å². The van der Waals surface area contributed by atoms with Crippen molar-refractivity contribution in [2.45, 2.75) is 32.1 Å². The second-order valence-corrected chi connectivity index (χ2v) is 5.67. The van der Waals surface area contributed by atoms with Gasteiger partial charge in [-0.2, -0.15) is 5.26 Å². The van der Waals surface area contributed by atoms with Crippen LogP contribution < -0.4 is 0 Å². The molecule has 1 aliphatic rings. The average molecular weight is 254 g/mol. The number of thiazole rings is 1. The quantitative estimate of drug-likeness (QED) is 0.701. The highest BCUT2D eigenvalue weighted by Gasteiger charge is 2.15. The van der Waals surface area contributed by atoms with Crippen LogP contribution in [0.4, 0.5) is 0 Å². The number of fused-ring (bicyclic) bond motifs is 1. The van der Waals surface area contributed by atoms with Crippen LogP contribution in [-0.4, -0.2) is 4.98 Å². The van der Waals surface area contributed by atoms with Crippen molar-refractivity contribution in [1.29, 1.82) is 5.26 Å². The molecule has 2 nitrogen and oxygen atoms in total. The van der Waals surface area contributed by atoms with E-state index in [1.54, 1.807) is 11.3 Å². The van der Waals surface area contributed by atoms with Gasteiger partial charge < -0.3 is 0 Å². The van der Waals surface area contributed by atoms with Gasteiger partial charge in [0.05, 0.1) is 15.8 Å². The number of aromatic nitrogens is 1. The first-order valence-electron chi connectivity index (χ1n) is 6.36. The van der Waals surface area contributed by atoms with Crippen molar-refractivity contribution in [2.24, 2.45) is 0 Å². The van der Waals surface area contributed by atoms with Crippen LogP contribution in [0.15, 0.2) is 29.8 Å². The summed E-state index contributed by atoms with van der Waals surface area (Å²) in [5, 5.41) is 10.3. The van der Waals surface area contributed by atoms with E-state index in [9.17, 15) is 5.26 Å². The molecule has 0 amide bonds. The topological polar surface area (TPSA) is 36.7 Å². The van der Waals surface area contributed by atoms with Gasteiger partial charge in [0.15, 0.2) is 0 Å². The molecule has 1 aliphatic carbocycles. The lowest BCUT2D eigenvalue weighted by atomic mass is 9.91. The van der Waals surface area contributed by atoms with Crippen molar-refractivity contribution in [3.05, 3.63) is 34.8 Å². The Labute approximate surface area is 111 Å². The summed E-state index contributed by atoms with van der Waals surface area (Å²) in [7, 11) is 0. The van der Waals surface area contributed by atoms with Gasteiger partial charge >= 0.3 is 0 Å². The fourth-order valence-corrected chi connectivity index (χ4v) is 3.50. The molecule has 1 aromatic heterocycles. The summed E-state index contributed by atoms with van der Waals surface area (Å²) in [6.45, 7) is 0. The van der Waals surface area contributed by atoms with Crippen molar-refractivity contribution in [2.75, 3.05) is 0 Å². The molecule has 0 unspecified atom stereocenters. The van der Waals surface area contributed by atoms with Gasteiger partial charge in [0.25, 0.3) is 0 Å². The van der Waals surface area contributed by atoms with E-state index in [2.05, 4.69) is 17.1 Å². The van der Waals surface area contributed by atoms with Gasteiger partial charge in [0, 0.05) is 0 Å². The summed E-state index contributed by atoms with van der Waals surface area (Å²) < 4.78 is 1.16. The molecule has 0 atom stereocenters. The predicted molar refractivity (Wildman–Crippen MR) is 75.2 cm³/mol. The molecule has 3 rings (SSSR count). The number of nitrogens with zero attached hydrogens (tertiary/aromatic N) is 2.